The molecule has 3 nitrogen and oxygen atoms in total. The van der Waals surface area contributed by atoms with E-state index in [0.717, 1.165) is 30.1 Å². The lowest BCUT2D eigenvalue weighted by molar-refractivity contribution is 0.669. The van der Waals surface area contributed by atoms with Gasteiger partial charge in [-0.15, -0.1) is 12.4 Å². The molecule has 1 aromatic heterocycles. The van der Waals surface area contributed by atoms with E-state index >= 15 is 0 Å². The van der Waals surface area contributed by atoms with E-state index in [9.17, 15) is 4.21 Å². The van der Waals surface area contributed by atoms with Gasteiger partial charge in [0, 0.05) is 12.7 Å². The number of hydrogen-bond acceptors (Lipinski definition) is 3. The number of nitrogens with zero attached hydrogens (tertiary/aromatic N) is 1. The van der Waals surface area contributed by atoms with Crippen molar-refractivity contribution < 1.29 is 4.21 Å². The Morgan fingerprint density at radius 3 is 3.00 bits per heavy atom. The number of rotatable bonds is 2. The van der Waals surface area contributed by atoms with E-state index in [1.807, 2.05) is 19.1 Å². The van der Waals surface area contributed by atoms with Crippen LogP contribution in [-0.4, -0.2) is 27.5 Å². The highest BCUT2D eigenvalue weighted by Gasteiger charge is 2.22. The molecule has 0 amide bonds. The van der Waals surface area contributed by atoms with Gasteiger partial charge in [0.2, 0.25) is 0 Å². The molecule has 5 heteroatoms. The number of halogens is 1. The summed E-state index contributed by atoms with van der Waals surface area (Å²) in [7, 11) is -0.943. The third kappa shape index (κ3) is 3.00. The van der Waals surface area contributed by atoms with Crippen molar-refractivity contribution in [2.24, 2.45) is 0 Å². The van der Waals surface area contributed by atoms with Gasteiger partial charge in [0.15, 0.2) is 0 Å². The second-order valence-corrected chi connectivity index (χ2v) is 5.26. The van der Waals surface area contributed by atoms with E-state index < -0.39 is 10.8 Å². The molecule has 0 aromatic carbocycles. The fourth-order valence-electron chi connectivity index (χ4n) is 1.60. The zero-order valence-electron chi connectivity index (χ0n) is 8.60. The molecule has 1 fully saturated rings. The summed E-state index contributed by atoms with van der Waals surface area (Å²) < 4.78 is 12.0. The molecule has 1 aliphatic heterocycles. The maximum Gasteiger partial charge on any atom is 0.127 e. The Labute approximate surface area is 98.5 Å². The number of aromatic nitrogens is 1. The molecule has 1 aliphatic rings. The van der Waals surface area contributed by atoms with Crippen LogP contribution in [-0.2, 0) is 10.8 Å². The average molecular weight is 247 g/mol. The topological polar surface area (TPSA) is 42.0 Å². The van der Waals surface area contributed by atoms with Gasteiger partial charge < -0.3 is 5.32 Å². The quantitative estimate of drug-likeness (QED) is 0.855. The number of aryl methyl sites for hydroxylation is 1. The Balaban J connectivity index is 0.00000112. The fraction of sp³-hybridized carbons (Fsp3) is 0.500. The van der Waals surface area contributed by atoms with Gasteiger partial charge in [-0.2, -0.15) is 0 Å². The molecule has 0 radical (unpaired) electrons. The van der Waals surface area contributed by atoms with E-state index in [1.165, 1.54) is 0 Å². The summed E-state index contributed by atoms with van der Waals surface area (Å²) in [5, 5.41) is 4.18. The van der Waals surface area contributed by atoms with Gasteiger partial charge in [0.05, 0.1) is 16.0 Å². The van der Waals surface area contributed by atoms with Gasteiger partial charge in [-0.1, -0.05) is 0 Å². The Bertz CT molecular complexity index is 353. The maximum atomic E-state index is 12.0. The van der Waals surface area contributed by atoms with Crippen LogP contribution in [0.5, 0.6) is 0 Å². The van der Waals surface area contributed by atoms with Gasteiger partial charge in [0.25, 0.3) is 0 Å². The Morgan fingerprint density at radius 1 is 1.60 bits per heavy atom. The van der Waals surface area contributed by atoms with Gasteiger partial charge in [0.1, 0.15) is 5.03 Å². The molecule has 0 unspecified atom stereocenters. The van der Waals surface area contributed by atoms with Crippen LogP contribution in [0.1, 0.15) is 12.0 Å². The van der Waals surface area contributed by atoms with Crippen LogP contribution >= 0.6 is 12.4 Å². The Kier molecular flexibility index (Phi) is 4.70. The fourth-order valence-corrected chi connectivity index (χ4v) is 3.01. The molecule has 0 bridgehead atoms. The van der Waals surface area contributed by atoms with E-state index in [4.69, 9.17) is 0 Å². The minimum Gasteiger partial charge on any atom is -0.315 e. The lowest BCUT2D eigenvalue weighted by Crippen LogP contribution is -2.19. The first kappa shape index (κ1) is 12.6. The number of pyridine rings is 1. The predicted molar refractivity (Wildman–Crippen MR) is 63.9 cm³/mol. The molecule has 0 spiro atoms. The molecule has 84 valence electrons. The molecule has 2 heterocycles. The Morgan fingerprint density at radius 2 is 2.40 bits per heavy atom. The zero-order valence-corrected chi connectivity index (χ0v) is 10.2. The van der Waals surface area contributed by atoms with Crippen molar-refractivity contribution in [2.45, 2.75) is 23.6 Å². The van der Waals surface area contributed by atoms with Crippen molar-refractivity contribution in [2.75, 3.05) is 13.1 Å². The molecule has 1 N–H and O–H groups in total. The molecule has 15 heavy (non-hydrogen) atoms. The van der Waals surface area contributed by atoms with Crippen LogP contribution in [0, 0.1) is 6.92 Å². The largest absolute Gasteiger partial charge is 0.315 e. The van der Waals surface area contributed by atoms with Crippen LogP contribution < -0.4 is 5.32 Å². The van der Waals surface area contributed by atoms with E-state index in [2.05, 4.69) is 10.3 Å². The van der Waals surface area contributed by atoms with Crippen molar-refractivity contribution in [3.63, 3.8) is 0 Å². The summed E-state index contributed by atoms with van der Waals surface area (Å²) in [6, 6.07) is 3.84. The summed E-state index contributed by atoms with van der Waals surface area (Å²) >= 11 is 0. The van der Waals surface area contributed by atoms with Gasteiger partial charge in [-0.25, -0.2) is 4.98 Å². The third-order valence-electron chi connectivity index (χ3n) is 2.41. The molecule has 2 atom stereocenters. The monoisotopic (exact) mass is 246 g/mol. The first-order valence-electron chi connectivity index (χ1n) is 4.81. The molecular formula is C10H15ClN2OS. The van der Waals surface area contributed by atoms with Crippen molar-refractivity contribution in [1.82, 2.24) is 10.3 Å². The smallest absolute Gasteiger partial charge is 0.127 e. The second-order valence-electron chi connectivity index (χ2n) is 3.58. The summed E-state index contributed by atoms with van der Waals surface area (Å²) in [5.74, 6) is 0. The molecule has 0 saturated carbocycles. The van der Waals surface area contributed by atoms with Crippen LogP contribution in [0.25, 0.3) is 0 Å². The van der Waals surface area contributed by atoms with Gasteiger partial charge in [-0.3, -0.25) is 4.21 Å². The van der Waals surface area contributed by atoms with E-state index in [0.29, 0.717) is 0 Å². The lowest BCUT2D eigenvalue weighted by Gasteiger charge is -2.07. The SMILES string of the molecule is Cc1ccnc([S@](=O)[C@H]2CCNC2)c1.Cl. The highest BCUT2D eigenvalue weighted by Crippen LogP contribution is 2.14. The summed E-state index contributed by atoms with van der Waals surface area (Å²) in [5.41, 5.74) is 1.12. The van der Waals surface area contributed by atoms with Crippen LogP contribution in [0.15, 0.2) is 23.4 Å². The molecule has 2 rings (SSSR count). The minimum atomic E-state index is -0.943. The summed E-state index contributed by atoms with van der Waals surface area (Å²) in [4.78, 5) is 4.16. The highest BCUT2D eigenvalue weighted by molar-refractivity contribution is 7.85. The molecule has 0 aliphatic carbocycles. The van der Waals surface area contributed by atoms with Crippen LogP contribution in [0.4, 0.5) is 0 Å². The van der Waals surface area contributed by atoms with Gasteiger partial charge in [-0.05, 0) is 37.6 Å². The first-order chi connectivity index (χ1) is 6.77. The molecule has 1 saturated heterocycles. The zero-order chi connectivity index (χ0) is 9.97. The van der Waals surface area contributed by atoms with Crippen molar-refractivity contribution in [3.05, 3.63) is 23.9 Å². The van der Waals surface area contributed by atoms with E-state index in [1.54, 1.807) is 6.20 Å². The standard InChI is InChI=1S/C10H14N2OS.ClH/c1-8-2-5-12-10(6-8)14(13)9-3-4-11-7-9;/h2,5-6,9,11H,3-4,7H2,1H3;1H/t9-,14+;/m0./s1. The molecular weight excluding hydrogens is 232 g/mol. The normalized spacial score (nSPS) is 22.1. The van der Waals surface area contributed by atoms with Crippen LogP contribution in [0.2, 0.25) is 0 Å². The average Bonchev–Trinajstić information content (AvgIpc) is 2.69. The predicted octanol–water partition coefficient (Wildman–Crippen LogP) is 1.28. The first-order valence-corrected chi connectivity index (χ1v) is 6.02. The highest BCUT2D eigenvalue weighted by atomic mass is 35.5. The van der Waals surface area contributed by atoms with Crippen molar-refractivity contribution in [1.29, 1.82) is 0 Å². The lowest BCUT2D eigenvalue weighted by atomic mass is 10.3. The summed E-state index contributed by atoms with van der Waals surface area (Å²) in [6.07, 6.45) is 2.72. The van der Waals surface area contributed by atoms with E-state index in [-0.39, 0.29) is 17.7 Å². The minimum absolute atomic E-state index is 0. The maximum absolute atomic E-state index is 12.0. The third-order valence-corrected chi connectivity index (χ3v) is 4.06. The second kappa shape index (κ2) is 5.58. The van der Waals surface area contributed by atoms with Crippen molar-refractivity contribution >= 4 is 23.2 Å². The number of nitrogens with one attached hydrogen (secondary N) is 1. The van der Waals surface area contributed by atoms with Crippen molar-refractivity contribution in [3.8, 4) is 0 Å². The summed E-state index contributed by atoms with van der Waals surface area (Å²) in [6.45, 7) is 3.82. The number of hydrogen-bond donors (Lipinski definition) is 1. The molecule has 1 aromatic rings. The van der Waals surface area contributed by atoms with Gasteiger partial charge >= 0.3 is 0 Å². The Hall–Kier alpha value is -0.450. The van der Waals surface area contributed by atoms with Crippen LogP contribution in [0.3, 0.4) is 0 Å².